The molecule has 0 radical (unpaired) electrons. The van der Waals surface area contributed by atoms with E-state index in [4.69, 9.17) is 4.74 Å². The molecule has 0 spiro atoms. The van der Waals surface area contributed by atoms with E-state index in [1.54, 1.807) is 0 Å². The van der Waals surface area contributed by atoms with Gasteiger partial charge in [-0.1, -0.05) is 26.0 Å². The van der Waals surface area contributed by atoms with Crippen LogP contribution < -0.4 is 0 Å². The third-order valence-corrected chi connectivity index (χ3v) is 4.10. The number of rotatable bonds is 8. The maximum Gasteiger partial charge on any atom is 0.0990 e. The molecule has 0 aromatic carbocycles. The zero-order valence-electron chi connectivity index (χ0n) is 11.4. The van der Waals surface area contributed by atoms with Crippen molar-refractivity contribution in [3.8, 4) is 0 Å². The molecule has 0 amide bonds. The second-order valence-electron chi connectivity index (χ2n) is 5.66. The first kappa shape index (κ1) is 13.1. The van der Waals surface area contributed by atoms with Gasteiger partial charge in [0.25, 0.3) is 0 Å². The highest BCUT2D eigenvalue weighted by Crippen LogP contribution is 2.43. The van der Waals surface area contributed by atoms with E-state index in [2.05, 4.69) is 30.9 Å². The van der Waals surface area contributed by atoms with E-state index < -0.39 is 0 Å². The minimum Gasteiger partial charge on any atom is -0.366 e. The van der Waals surface area contributed by atoms with E-state index in [0.717, 1.165) is 31.1 Å². The van der Waals surface area contributed by atoms with Gasteiger partial charge in [-0.3, -0.25) is 4.90 Å². The fourth-order valence-corrected chi connectivity index (χ4v) is 3.29. The summed E-state index contributed by atoms with van der Waals surface area (Å²) in [6.45, 7) is 8.62. The lowest BCUT2D eigenvalue weighted by Crippen LogP contribution is -2.29. The van der Waals surface area contributed by atoms with Crippen LogP contribution in [0.5, 0.6) is 0 Å². The average molecular weight is 237 g/mol. The summed E-state index contributed by atoms with van der Waals surface area (Å²) in [5.74, 6) is 2.50. The number of nitrogens with zero attached hydrogens (tertiary/aromatic N) is 1. The molecule has 1 fully saturated rings. The van der Waals surface area contributed by atoms with E-state index in [1.807, 2.05) is 0 Å². The first-order valence-electron chi connectivity index (χ1n) is 7.31. The number of ether oxygens (including phenoxy) is 1. The molecule has 0 heterocycles. The fraction of sp³-hybridized carbons (Fsp3) is 0.867. The molecule has 0 aromatic heterocycles. The van der Waals surface area contributed by atoms with Gasteiger partial charge in [-0.15, -0.1) is 0 Å². The summed E-state index contributed by atoms with van der Waals surface area (Å²) in [5.41, 5.74) is 0. The zero-order valence-corrected chi connectivity index (χ0v) is 11.4. The lowest BCUT2D eigenvalue weighted by atomic mass is 9.95. The van der Waals surface area contributed by atoms with Crippen LogP contribution in [0.4, 0.5) is 0 Å². The molecule has 3 unspecified atom stereocenters. The molecule has 1 saturated carbocycles. The van der Waals surface area contributed by atoms with Gasteiger partial charge in [-0.2, -0.15) is 0 Å². The van der Waals surface area contributed by atoms with E-state index in [1.165, 1.54) is 38.8 Å². The van der Waals surface area contributed by atoms with Crippen molar-refractivity contribution in [2.45, 2.75) is 39.5 Å². The van der Waals surface area contributed by atoms with E-state index in [0.29, 0.717) is 0 Å². The highest BCUT2D eigenvalue weighted by Gasteiger charge is 2.35. The molecule has 2 aliphatic rings. The molecule has 2 bridgehead atoms. The van der Waals surface area contributed by atoms with Crippen molar-refractivity contribution < 1.29 is 4.74 Å². The quantitative estimate of drug-likeness (QED) is 0.474. The van der Waals surface area contributed by atoms with Crippen LogP contribution >= 0.6 is 0 Å². The molecule has 2 aliphatic carbocycles. The molecule has 2 rings (SSSR count). The van der Waals surface area contributed by atoms with E-state index in [-0.39, 0.29) is 0 Å². The fourth-order valence-electron chi connectivity index (χ4n) is 3.29. The predicted molar refractivity (Wildman–Crippen MR) is 71.8 cm³/mol. The van der Waals surface area contributed by atoms with Crippen molar-refractivity contribution in [2.24, 2.45) is 17.8 Å². The second-order valence-corrected chi connectivity index (χ2v) is 5.66. The number of hydrogen-bond acceptors (Lipinski definition) is 2. The lowest BCUT2D eigenvalue weighted by molar-refractivity contribution is 0.00668. The number of fused-ring (bicyclic) bond motifs is 2. The molecule has 2 heteroatoms. The Balaban J connectivity index is 1.63. The Morgan fingerprint density at radius 3 is 2.41 bits per heavy atom. The Morgan fingerprint density at radius 2 is 1.88 bits per heavy atom. The summed E-state index contributed by atoms with van der Waals surface area (Å²) in [4.78, 5) is 2.43. The Morgan fingerprint density at radius 1 is 1.12 bits per heavy atom. The molecule has 17 heavy (non-hydrogen) atoms. The van der Waals surface area contributed by atoms with Crippen LogP contribution in [0.2, 0.25) is 0 Å². The maximum absolute atomic E-state index is 5.93. The second kappa shape index (κ2) is 6.55. The van der Waals surface area contributed by atoms with Crippen molar-refractivity contribution in [3.05, 3.63) is 12.2 Å². The van der Waals surface area contributed by atoms with Gasteiger partial charge in [0.05, 0.1) is 13.3 Å². The lowest BCUT2D eigenvalue weighted by Gasteiger charge is -2.23. The topological polar surface area (TPSA) is 12.5 Å². The van der Waals surface area contributed by atoms with Crippen molar-refractivity contribution in [3.63, 3.8) is 0 Å². The SMILES string of the molecule is CCCN(CCC)COCC1CC2C=CC1C2. The molecule has 0 aliphatic heterocycles. The van der Waals surface area contributed by atoms with Gasteiger partial charge in [0, 0.05) is 13.1 Å². The van der Waals surface area contributed by atoms with Crippen LogP contribution in [0.25, 0.3) is 0 Å². The van der Waals surface area contributed by atoms with Gasteiger partial charge in [0.2, 0.25) is 0 Å². The third kappa shape index (κ3) is 3.56. The highest BCUT2D eigenvalue weighted by molar-refractivity contribution is 5.09. The summed E-state index contributed by atoms with van der Waals surface area (Å²) >= 11 is 0. The number of hydrogen-bond donors (Lipinski definition) is 0. The minimum absolute atomic E-state index is 0.801. The summed E-state index contributed by atoms with van der Waals surface area (Å²) in [6.07, 6.45) is 10.0. The van der Waals surface area contributed by atoms with Crippen molar-refractivity contribution in [2.75, 3.05) is 26.4 Å². The molecular weight excluding hydrogens is 210 g/mol. The Hall–Kier alpha value is -0.340. The largest absolute Gasteiger partial charge is 0.366 e. The molecule has 98 valence electrons. The summed E-state index contributed by atoms with van der Waals surface area (Å²) in [7, 11) is 0. The van der Waals surface area contributed by atoms with E-state index >= 15 is 0 Å². The molecular formula is C15H27NO. The summed E-state index contributed by atoms with van der Waals surface area (Å²) in [6, 6.07) is 0. The van der Waals surface area contributed by atoms with Crippen molar-refractivity contribution >= 4 is 0 Å². The van der Waals surface area contributed by atoms with Crippen LogP contribution in [-0.2, 0) is 4.74 Å². The Kier molecular flexibility index (Phi) is 5.05. The summed E-state index contributed by atoms with van der Waals surface area (Å²) in [5, 5.41) is 0. The predicted octanol–water partition coefficient (Wildman–Crippen LogP) is 3.29. The highest BCUT2D eigenvalue weighted by atomic mass is 16.5. The smallest absolute Gasteiger partial charge is 0.0990 e. The summed E-state index contributed by atoms with van der Waals surface area (Å²) < 4.78 is 5.93. The van der Waals surface area contributed by atoms with E-state index in [9.17, 15) is 0 Å². The first-order chi connectivity index (χ1) is 8.33. The molecule has 0 N–H and O–H groups in total. The van der Waals surface area contributed by atoms with Gasteiger partial charge in [0.15, 0.2) is 0 Å². The molecule has 3 atom stereocenters. The van der Waals surface area contributed by atoms with Gasteiger partial charge >= 0.3 is 0 Å². The Bertz CT molecular complexity index is 245. The van der Waals surface area contributed by atoms with Crippen LogP contribution in [0.15, 0.2) is 12.2 Å². The number of allylic oxidation sites excluding steroid dienone is 2. The van der Waals surface area contributed by atoms with Crippen LogP contribution in [-0.4, -0.2) is 31.3 Å². The van der Waals surface area contributed by atoms with Gasteiger partial charge in [0.1, 0.15) is 0 Å². The van der Waals surface area contributed by atoms with Crippen molar-refractivity contribution in [1.82, 2.24) is 4.90 Å². The minimum atomic E-state index is 0.801. The first-order valence-corrected chi connectivity index (χ1v) is 7.31. The van der Waals surface area contributed by atoms with Crippen LogP contribution in [0.1, 0.15) is 39.5 Å². The third-order valence-electron chi connectivity index (χ3n) is 4.10. The van der Waals surface area contributed by atoms with Gasteiger partial charge in [-0.25, -0.2) is 0 Å². The maximum atomic E-state index is 5.93. The standard InChI is InChI=1S/C15H27NO/c1-3-7-16(8-4-2)12-17-11-15-10-13-5-6-14(15)9-13/h5-6,13-15H,3-4,7-12H2,1-2H3. The van der Waals surface area contributed by atoms with Gasteiger partial charge in [-0.05, 0) is 43.4 Å². The molecule has 2 nitrogen and oxygen atoms in total. The normalized spacial score (nSPS) is 30.6. The van der Waals surface area contributed by atoms with Crippen LogP contribution in [0.3, 0.4) is 0 Å². The Labute approximate surface area is 106 Å². The zero-order chi connectivity index (χ0) is 12.1. The molecule has 0 saturated heterocycles. The van der Waals surface area contributed by atoms with Gasteiger partial charge < -0.3 is 4.74 Å². The van der Waals surface area contributed by atoms with Crippen molar-refractivity contribution in [1.29, 1.82) is 0 Å². The van der Waals surface area contributed by atoms with Crippen LogP contribution in [0, 0.1) is 17.8 Å². The monoisotopic (exact) mass is 237 g/mol. The molecule has 0 aromatic rings. The average Bonchev–Trinajstić information content (AvgIpc) is 2.91.